The van der Waals surface area contributed by atoms with E-state index in [0.29, 0.717) is 23.8 Å². The van der Waals surface area contributed by atoms with E-state index >= 15 is 0 Å². The molecule has 1 aromatic heterocycles. The minimum Gasteiger partial charge on any atom is -0.383 e. The summed E-state index contributed by atoms with van der Waals surface area (Å²) >= 11 is 0. The molecule has 0 aliphatic carbocycles. The second-order valence-corrected chi connectivity index (χ2v) is 10.2. The Labute approximate surface area is 198 Å². The van der Waals surface area contributed by atoms with Crippen molar-refractivity contribution in [1.82, 2.24) is 19.7 Å². The Bertz CT molecular complexity index is 1020. The number of benzene rings is 1. The highest BCUT2D eigenvalue weighted by atomic mass is 15.2. The molecule has 0 amide bonds. The van der Waals surface area contributed by atoms with E-state index in [1.165, 1.54) is 44.6 Å². The highest BCUT2D eigenvalue weighted by Crippen LogP contribution is 2.39. The number of rotatable bonds is 9. The first-order valence-corrected chi connectivity index (χ1v) is 12.2. The summed E-state index contributed by atoms with van der Waals surface area (Å²) in [5.74, 6) is 0.609. The van der Waals surface area contributed by atoms with Gasteiger partial charge in [0.2, 0.25) is 0 Å². The van der Waals surface area contributed by atoms with Crippen molar-refractivity contribution in [3.8, 4) is 0 Å². The average Bonchev–Trinajstić information content (AvgIpc) is 3.53. The van der Waals surface area contributed by atoms with Crippen molar-refractivity contribution in [2.45, 2.75) is 32.2 Å². The van der Waals surface area contributed by atoms with Crippen molar-refractivity contribution in [1.29, 1.82) is 0 Å². The minimum atomic E-state index is 0.368. The van der Waals surface area contributed by atoms with E-state index in [1.807, 2.05) is 24.4 Å². The van der Waals surface area contributed by atoms with Crippen LogP contribution in [0.4, 0.5) is 0 Å². The lowest BCUT2D eigenvalue weighted by Gasteiger charge is -2.26. The number of nitrogens with two attached hydrogens (primary N) is 1. The lowest BCUT2D eigenvalue weighted by Crippen LogP contribution is -2.31. The van der Waals surface area contributed by atoms with Crippen LogP contribution in [0.15, 0.2) is 59.9 Å². The first-order chi connectivity index (χ1) is 15.9. The second-order valence-electron chi connectivity index (χ2n) is 10.2. The molecule has 6 nitrogen and oxygen atoms in total. The summed E-state index contributed by atoms with van der Waals surface area (Å²) in [5.41, 5.74) is 10.2. The van der Waals surface area contributed by atoms with E-state index in [2.05, 4.69) is 70.6 Å². The summed E-state index contributed by atoms with van der Waals surface area (Å²) in [5, 5.41) is 1.12. The van der Waals surface area contributed by atoms with Gasteiger partial charge in [-0.15, -0.1) is 0 Å². The number of aromatic amines is 1. The number of hydrogen-bond donors (Lipinski definition) is 2. The van der Waals surface area contributed by atoms with Crippen LogP contribution < -0.4 is 5.73 Å². The normalized spacial score (nSPS) is 23.6. The molecule has 2 aliphatic heterocycles. The fraction of sp³-hybridized carbons (Fsp3) is 0.519. The summed E-state index contributed by atoms with van der Waals surface area (Å²) in [6, 6.07) is 8.53. The highest BCUT2D eigenvalue weighted by Gasteiger charge is 2.42. The van der Waals surface area contributed by atoms with Crippen LogP contribution in [0.3, 0.4) is 0 Å². The monoisotopic (exact) mass is 448 g/mol. The molecule has 2 fully saturated rings. The van der Waals surface area contributed by atoms with Gasteiger partial charge < -0.3 is 20.5 Å². The standard InChI is InChI=1S/C27H40N6/c1-5-22(18-33-16-12-27(20-33)11-15-31(3)19-27)17-32(4)21(2)9-13-30-26(28)24-7-6-8-25-23(24)10-14-29-25/h5-8,10,14,17,21,29H,1,9,11-13,15-16,18-20H2,2-4H3,(H2,28,30)/b22-17+. The molecule has 33 heavy (non-hydrogen) atoms. The lowest BCUT2D eigenvalue weighted by atomic mass is 9.86. The first-order valence-electron chi connectivity index (χ1n) is 12.2. The minimum absolute atomic E-state index is 0.368. The van der Waals surface area contributed by atoms with E-state index in [0.717, 1.165) is 29.4 Å². The molecule has 2 saturated heterocycles. The number of H-pyrrole nitrogens is 1. The number of nitrogens with zero attached hydrogens (tertiary/aromatic N) is 4. The van der Waals surface area contributed by atoms with Crippen LogP contribution >= 0.6 is 0 Å². The topological polar surface area (TPSA) is 63.9 Å². The van der Waals surface area contributed by atoms with Crippen molar-refractivity contribution in [3.05, 3.63) is 60.5 Å². The first kappa shape index (κ1) is 23.6. The zero-order chi connectivity index (χ0) is 23.4. The molecular weight excluding hydrogens is 408 g/mol. The fourth-order valence-electron chi connectivity index (χ4n) is 5.43. The van der Waals surface area contributed by atoms with Crippen LogP contribution in [0.25, 0.3) is 10.9 Å². The van der Waals surface area contributed by atoms with E-state index in [-0.39, 0.29) is 0 Å². The maximum atomic E-state index is 6.32. The Morgan fingerprint density at radius 3 is 2.88 bits per heavy atom. The van der Waals surface area contributed by atoms with Crippen molar-refractivity contribution < 1.29 is 0 Å². The van der Waals surface area contributed by atoms with Crippen molar-refractivity contribution in [2.24, 2.45) is 16.1 Å². The molecule has 2 unspecified atom stereocenters. The Morgan fingerprint density at radius 2 is 2.12 bits per heavy atom. The zero-order valence-electron chi connectivity index (χ0n) is 20.6. The van der Waals surface area contributed by atoms with Gasteiger partial charge >= 0.3 is 0 Å². The Hall–Kier alpha value is -2.57. The predicted octanol–water partition coefficient (Wildman–Crippen LogP) is 3.68. The third kappa shape index (κ3) is 5.50. The van der Waals surface area contributed by atoms with Gasteiger partial charge in [0.15, 0.2) is 0 Å². The van der Waals surface area contributed by atoms with Crippen LogP contribution in [0, 0.1) is 5.41 Å². The molecule has 0 radical (unpaired) electrons. The van der Waals surface area contributed by atoms with E-state index in [4.69, 9.17) is 5.73 Å². The van der Waals surface area contributed by atoms with Gasteiger partial charge in [-0.25, -0.2) is 0 Å². The average molecular weight is 449 g/mol. The Morgan fingerprint density at radius 1 is 1.30 bits per heavy atom. The number of aliphatic imine (C=N–C) groups is 1. The summed E-state index contributed by atoms with van der Waals surface area (Å²) in [7, 11) is 4.40. The summed E-state index contributed by atoms with van der Waals surface area (Å²) in [6.45, 7) is 12.9. The molecule has 6 heteroatoms. The molecule has 2 atom stereocenters. The van der Waals surface area contributed by atoms with Gasteiger partial charge in [0.1, 0.15) is 5.84 Å². The second kappa shape index (κ2) is 10.1. The van der Waals surface area contributed by atoms with Crippen molar-refractivity contribution in [3.63, 3.8) is 0 Å². The van der Waals surface area contributed by atoms with Crippen LogP contribution in [0.1, 0.15) is 31.7 Å². The maximum Gasteiger partial charge on any atom is 0.126 e. The van der Waals surface area contributed by atoms with Gasteiger partial charge in [0, 0.05) is 68.1 Å². The van der Waals surface area contributed by atoms with Crippen molar-refractivity contribution in [2.75, 3.05) is 53.4 Å². The number of hydrogen-bond acceptors (Lipinski definition) is 4. The summed E-state index contributed by atoms with van der Waals surface area (Å²) in [6.07, 6.45) is 9.83. The zero-order valence-corrected chi connectivity index (χ0v) is 20.6. The molecule has 3 heterocycles. The van der Waals surface area contributed by atoms with Gasteiger partial charge in [0.25, 0.3) is 0 Å². The smallest absolute Gasteiger partial charge is 0.126 e. The maximum absolute atomic E-state index is 6.32. The summed E-state index contributed by atoms with van der Waals surface area (Å²) in [4.78, 5) is 15.3. The molecule has 2 aromatic rings. The van der Waals surface area contributed by atoms with Crippen LogP contribution in [0.5, 0.6) is 0 Å². The van der Waals surface area contributed by atoms with Gasteiger partial charge in [-0.1, -0.05) is 24.8 Å². The number of aromatic nitrogens is 1. The SMILES string of the molecule is C=C/C(=C\N(C)C(C)CC/N=C(\N)c1cccc2[nH]ccc12)CN1CCC2(CCN(C)C2)C1. The molecule has 1 spiro atoms. The predicted molar refractivity (Wildman–Crippen MR) is 140 cm³/mol. The van der Waals surface area contributed by atoms with Gasteiger partial charge in [-0.05, 0) is 69.4 Å². The van der Waals surface area contributed by atoms with Crippen LogP contribution in [-0.2, 0) is 0 Å². The van der Waals surface area contributed by atoms with Gasteiger partial charge in [-0.3, -0.25) is 9.89 Å². The molecule has 0 bridgehead atoms. The molecule has 1 aromatic carbocycles. The van der Waals surface area contributed by atoms with Gasteiger partial charge in [0.05, 0.1) is 0 Å². The Balaban J connectivity index is 1.29. The molecule has 3 N–H and O–H groups in total. The number of likely N-dealkylation sites (tertiary alicyclic amines) is 2. The van der Waals surface area contributed by atoms with Gasteiger partial charge in [-0.2, -0.15) is 0 Å². The third-order valence-corrected chi connectivity index (χ3v) is 7.58. The summed E-state index contributed by atoms with van der Waals surface area (Å²) < 4.78 is 0. The van der Waals surface area contributed by atoms with Crippen LogP contribution in [0.2, 0.25) is 0 Å². The molecule has 178 valence electrons. The largest absolute Gasteiger partial charge is 0.383 e. The van der Waals surface area contributed by atoms with E-state index < -0.39 is 0 Å². The fourth-order valence-corrected chi connectivity index (χ4v) is 5.43. The number of nitrogens with one attached hydrogen (secondary N) is 1. The third-order valence-electron chi connectivity index (χ3n) is 7.58. The Kier molecular flexibility index (Phi) is 7.25. The lowest BCUT2D eigenvalue weighted by molar-refractivity contribution is 0.264. The highest BCUT2D eigenvalue weighted by molar-refractivity contribution is 6.08. The molecular formula is C27H40N6. The quantitative estimate of drug-likeness (QED) is 0.349. The van der Waals surface area contributed by atoms with Crippen molar-refractivity contribution >= 4 is 16.7 Å². The molecule has 0 saturated carbocycles. The molecule has 4 rings (SSSR count). The molecule has 2 aliphatic rings. The van der Waals surface area contributed by atoms with E-state index in [9.17, 15) is 0 Å². The van der Waals surface area contributed by atoms with Crippen LogP contribution in [-0.4, -0.2) is 84.9 Å². The van der Waals surface area contributed by atoms with E-state index in [1.54, 1.807) is 0 Å². The number of amidine groups is 1. The number of fused-ring (bicyclic) bond motifs is 1.